The molecule has 9 nitrogen and oxygen atoms in total. The molecule has 2 amide bonds. The number of alkyl halides is 1. The van der Waals surface area contributed by atoms with Gasteiger partial charge in [-0.05, 0) is 32.6 Å². The van der Waals surface area contributed by atoms with Crippen LogP contribution in [0.4, 0.5) is 0 Å². The van der Waals surface area contributed by atoms with Gasteiger partial charge < -0.3 is 36.4 Å². The number of carbonyl (C=O) groups is 2. The average Bonchev–Trinajstić information content (AvgIpc) is 2.95. The van der Waals surface area contributed by atoms with Crippen LogP contribution < -0.4 is 16.4 Å². The topological polar surface area (TPSA) is 154 Å². The van der Waals surface area contributed by atoms with Crippen LogP contribution in [0.3, 0.4) is 0 Å². The van der Waals surface area contributed by atoms with Gasteiger partial charge in [0, 0.05) is 6.08 Å². The number of primary amides is 1. The lowest BCUT2D eigenvalue weighted by Crippen LogP contribution is -2.65. The number of aliphatic hydroxyl groups is 3. The Hall–Kier alpha value is -1.14. The lowest BCUT2D eigenvalue weighted by atomic mass is 9.93. The summed E-state index contributed by atoms with van der Waals surface area (Å²) in [6.45, 7) is 2.18. The second kappa shape index (κ2) is 11.5. The Morgan fingerprint density at radius 3 is 2.67 bits per heavy atom. The van der Waals surface area contributed by atoms with Gasteiger partial charge in [0.1, 0.15) is 29.9 Å². The maximum atomic E-state index is 12.9. The molecule has 7 N–H and O–H groups in total. The fraction of sp³-hybridized carbons (Fsp3) is 0.684. The largest absolute Gasteiger partial charge is 0.388 e. The van der Waals surface area contributed by atoms with E-state index in [4.69, 9.17) is 22.1 Å². The van der Waals surface area contributed by atoms with Crippen molar-refractivity contribution in [2.24, 2.45) is 5.73 Å². The van der Waals surface area contributed by atoms with Crippen LogP contribution in [0.25, 0.3) is 0 Å². The summed E-state index contributed by atoms with van der Waals surface area (Å²) in [5.41, 5.74) is 5.25. The van der Waals surface area contributed by atoms with Crippen LogP contribution >= 0.6 is 23.4 Å². The van der Waals surface area contributed by atoms with Crippen LogP contribution in [-0.4, -0.2) is 87.2 Å². The van der Waals surface area contributed by atoms with Crippen molar-refractivity contribution in [3.05, 3.63) is 23.8 Å². The van der Waals surface area contributed by atoms with Crippen LogP contribution in [0, 0.1) is 0 Å². The zero-order valence-corrected chi connectivity index (χ0v) is 18.5. The minimum atomic E-state index is -1.42. The van der Waals surface area contributed by atoms with Crippen molar-refractivity contribution in [2.45, 2.75) is 67.1 Å². The molecule has 1 saturated heterocycles. The lowest BCUT2D eigenvalue weighted by molar-refractivity contribution is -0.205. The molecule has 2 aliphatic heterocycles. The van der Waals surface area contributed by atoms with Crippen molar-refractivity contribution < 1.29 is 29.6 Å². The van der Waals surface area contributed by atoms with Gasteiger partial charge in [-0.3, -0.25) is 9.59 Å². The van der Waals surface area contributed by atoms with Gasteiger partial charge in [0.15, 0.2) is 0 Å². The van der Waals surface area contributed by atoms with Gasteiger partial charge in [0.05, 0.1) is 17.5 Å². The molecule has 0 radical (unpaired) electrons. The van der Waals surface area contributed by atoms with Crippen molar-refractivity contribution >= 4 is 35.2 Å². The third-order valence-electron chi connectivity index (χ3n) is 5.19. The minimum absolute atomic E-state index is 0.332. The first-order valence-corrected chi connectivity index (χ1v) is 11.4. The van der Waals surface area contributed by atoms with E-state index < -0.39 is 53.2 Å². The number of carbonyl (C=O) groups excluding carboxylic acids is 2. The zero-order chi connectivity index (χ0) is 22.4. The first-order chi connectivity index (χ1) is 14.1. The molecule has 2 aliphatic rings. The van der Waals surface area contributed by atoms with Crippen molar-refractivity contribution in [1.29, 1.82) is 0 Å². The minimum Gasteiger partial charge on any atom is -0.388 e. The van der Waals surface area contributed by atoms with Crippen molar-refractivity contribution in [1.82, 2.24) is 10.6 Å². The molecule has 3 unspecified atom stereocenters. The average molecular weight is 464 g/mol. The Bertz CT molecular complexity index is 675. The molecular formula is C19H30ClN3O6S. The third-order valence-corrected chi connectivity index (χ3v) is 6.32. The second-order valence-electron chi connectivity index (χ2n) is 7.40. The lowest BCUT2D eigenvalue weighted by Gasteiger charge is -2.44. The third kappa shape index (κ3) is 6.43. The zero-order valence-electron chi connectivity index (χ0n) is 16.9. The fourth-order valence-corrected chi connectivity index (χ4v) is 4.36. The van der Waals surface area contributed by atoms with Crippen LogP contribution in [0.5, 0.6) is 0 Å². The van der Waals surface area contributed by atoms with E-state index in [9.17, 15) is 24.9 Å². The Morgan fingerprint density at radius 1 is 1.37 bits per heavy atom. The van der Waals surface area contributed by atoms with Crippen LogP contribution in [0.2, 0.25) is 0 Å². The number of nitrogens with one attached hydrogen (secondary N) is 2. The van der Waals surface area contributed by atoms with Crippen LogP contribution in [0.15, 0.2) is 23.8 Å². The number of nitrogens with two attached hydrogens (primary N) is 1. The van der Waals surface area contributed by atoms with E-state index in [2.05, 4.69) is 10.6 Å². The molecule has 11 heteroatoms. The van der Waals surface area contributed by atoms with Crippen molar-refractivity contribution in [3.8, 4) is 0 Å². The predicted octanol–water partition coefficient (Wildman–Crippen LogP) is -1.01. The maximum Gasteiger partial charge on any atom is 0.241 e. The van der Waals surface area contributed by atoms with E-state index in [-0.39, 0.29) is 5.91 Å². The van der Waals surface area contributed by atoms with E-state index in [1.807, 2.05) is 6.08 Å². The van der Waals surface area contributed by atoms with Crippen molar-refractivity contribution in [2.75, 3.05) is 12.8 Å². The number of allylic oxidation sites excluding steroid dienone is 1. The van der Waals surface area contributed by atoms with Gasteiger partial charge in [-0.2, -0.15) is 0 Å². The number of hydrogen-bond donors (Lipinski definition) is 6. The quantitative estimate of drug-likeness (QED) is 0.207. The molecule has 170 valence electrons. The number of thioether (sulfide) groups is 1. The molecule has 0 aliphatic carbocycles. The Morgan fingerprint density at radius 2 is 2.07 bits per heavy atom. The van der Waals surface area contributed by atoms with Gasteiger partial charge in [-0.15, -0.1) is 23.4 Å². The van der Waals surface area contributed by atoms with Gasteiger partial charge in [0.2, 0.25) is 11.8 Å². The molecule has 0 spiro atoms. The molecule has 0 aromatic rings. The highest BCUT2D eigenvalue weighted by molar-refractivity contribution is 7.99. The van der Waals surface area contributed by atoms with Crippen molar-refractivity contribution in [3.63, 3.8) is 0 Å². The highest BCUT2D eigenvalue weighted by Crippen LogP contribution is 2.30. The summed E-state index contributed by atoms with van der Waals surface area (Å²) in [6.07, 6.45) is 2.41. The standard InChI is InChI=1S/C19H30ClN3O6S/c1-9(20)13(17-15(26)14(25)16(27)19(29-17)30-2)23-18(28)11-5-3-10(7-8-22-11)4-6-12(21)24/h3-4,6,9,11,13-17,19,22,25-27H,5,7-8H2,1-2H3,(H2,21,24)(H,23,28)/b6-4+/t9-,11-,13+,14?,15?,16+,17+,19?/m0/s1. The smallest absolute Gasteiger partial charge is 0.241 e. The number of aliphatic hydroxyl groups excluding tert-OH is 3. The molecule has 0 aromatic heterocycles. The number of hydrogen-bond acceptors (Lipinski definition) is 8. The van der Waals surface area contributed by atoms with Crippen LogP contribution in [-0.2, 0) is 14.3 Å². The summed E-state index contributed by atoms with van der Waals surface area (Å²) in [4.78, 5) is 23.8. The summed E-state index contributed by atoms with van der Waals surface area (Å²) >= 11 is 7.48. The molecule has 0 saturated carbocycles. The van der Waals surface area contributed by atoms with Gasteiger partial charge in [-0.25, -0.2) is 0 Å². The highest BCUT2D eigenvalue weighted by Gasteiger charge is 2.48. The molecule has 0 aromatic carbocycles. The predicted molar refractivity (Wildman–Crippen MR) is 115 cm³/mol. The van der Waals surface area contributed by atoms with Gasteiger partial charge in [-0.1, -0.05) is 17.7 Å². The first-order valence-electron chi connectivity index (χ1n) is 9.72. The molecular weight excluding hydrogens is 434 g/mol. The van der Waals surface area contributed by atoms with E-state index >= 15 is 0 Å². The Kier molecular flexibility index (Phi) is 9.61. The summed E-state index contributed by atoms with van der Waals surface area (Å²) in [5, 5.41) is 36.0. The summed E-state index contributed by atoms with van der Waals surface area (Å²) in [6, 6.07) is -1.34. The maximum absolute atomic E-state index is 12.9. The molecule has 30 heavy (non-hydrogen) atoms. The van der Waals surface area contributed by atoms with E-state index in [0.29, 0.717) is 19.4 Å². The second-order valence-corrected chi connectivity index (χ2v) is 9.02. The normalized spacial score (nSPS) is 34.7. The van der Waals surface area contributed by atoms with Crippen LogP contribution in [0.1, 0.15) is 19.8 Å². The van der Waals surface area contributed by atoms with E-state index in [1.165, 1.54) is 17.8 Å². The summed E-state index contributed by atoms with van der Waals surface area (Å²) < 4.78 is 5.76. The van der Waals surface area contributed by atoms with Gasteiger partial charge in [0.25, 0.3) is 0 Å². The molecule has 1 fully saturated rings. The highest BCUT2D eigenvalue weighted by atomic mass is 35.5. The van der Waals surface area contributed by atoms with Gasteiger partial charge >= 0.3 is 0 Å². The van der Waals surface area contributed by atoms with E-state index in [1.54, 1.807) is 19.3 Å². The summed E-state index contributed by atoms with van der Waals surface area (Å²) in [7, 11) is 0. The Balaban J connectivity index is 2.09. The molecule has 2 rings (SSSR count). The SMILES string of the molecule is CSC1O[C@H]([C@H](NC(=O)[C@@H]2CC=C(/C=C/C(N)=O)CCN2)[C@H](C)Cl)C(O)C(O)[C@H]1O. The molecule has 8 atom stereocenters. The number of ether oxygens (including phenoxy) is 1. The number of rotatable bonds is 7. The number of halogens is 1. The molecule has 2 heterocycles. The van der Waals surface area contributed by atoms with E-state index in [0.717, 1.165) is 5.57 Å². The molecule has 0 bridgehead atoms. The fourth-order valence-electron chi connectivity index (χ4n) is 3.47. The number of amides is 2. The summed E-state index contributed by atoms with van der Waals surface area (Å²) in [5.74, 6) is -0.871. The monoisotopic (exact) mass is 463 g/mol. The first kappa shape index (κ1) is 25.1. The Labute approximate surface area is 185 Å².